The predicted molar refractivity (Wildman–Crippen MR) is 62.8 cm³/mol. The van der Waals surface area contributed by atoms with E-state index in [-0.39, 0.29) is 0 Å². The molecule has 0 amide bonds. The van der Waals surface area contributed by atoms with E-state index in [1.54, 1.807) is 13.2 Å². The van der Waals surface area contributed by atoms with Crippen LogP contribution >= 0.6 is 0 Å². The van der Waals surface area contributed by atoms with E-state index in [0.717, 1.165) is 5.76 Å². The molecule has 0 fully saturated rings. The normalized spacial score (nSPS) is 9.23. The molecule has 0 aliphatic heterocycles. The molecule has 0 aliphatic rings. The lowest BCUT2D eigenvalue weighted by molar-refractivity contribution is 0.307. The molecule has 0 heterocycles. The third-order valence-corrected chi connectivity index (χ3v) is 0.890. The molecule has 1 heteroatoms. The van der Waals surface area contributed by atoms with E-state index in [2.05, 4.69) is 6.58 Å². The maximum Gasteiger partial charge on any atom is 0.118 e. The van der Waals surface area contributed by atoms with Crippen LogP contribution in [0.5, 0.6) is 0 Å². The Kier molecular flexibility index (Phi) is 31.0. The van der Waals surface area contributed by atoms with Gasteiger partial charge in [-0.05, 0) is 19.1 Å². The van der Waals surface area contributed by atoms with Crippen LogP contribution in [0.15, 0.2) is 36.6 Å². The van der Waals surface area contributed by atoms with Gasteiger partial charge in [0.15, 0.2) is 0 Å². The Morgan fingerprint density at radius 1 is 1.15 bits per heavy atom. The molecule has 13 heavy (non-hydrogen) atoms. The van der Waals surface area contributed by atoms with Crippen LogP contribution in [0.1, 0.15) is 34.6 Å². The van der Waals surface area contributed by atoms with Crippen LogP contribution in [0.4, 0.5) is 0 Å². The fourth-order valence-electron chi connectivity index (χ4n) is 0.410. The lowest BCUT2D eigenvalue weighted by Crippen LogP contribution is -1.77. The Bertz CT molecular complexity index is 132. The SMILES string of the molecule is C=C/C(=C\C=C/C)OC.CC.CC. The average Bonchev–Trinajstić information content (AvgIpc) is 2.25. The Morgan fingerprint density at radius 3 is 1.85 bits per heavy atom. The molecular weight excluding hydrogens is 160 g/mol. The second kappa shape index (κ2) is 22.5. The first-order valence-electron chi connectivity index (χ1n) is 4.84. The van der Waals surface area contributed by atoms with E-state index >= 15 is 0 Å². The Hall–Kier alpha value is -0.980. The van der Waals surface area contributed by atoms with Crippen molar-refractivity contribution < 1.29 is 4.74 Å². The van der Waals surface area contributed by atoms with E-state index in [1.165, 1.54) is 0 Å². The Labute approximate surface area is 83.8 Å². The minimum atomic E-state index is 0.785. The number of rotatable bonds is 3. The zero-order valence-electron chi connectivity index (χ0n) is 9.92. The van der Waals surface area contributed by atoms with Gasteiger partial charge in [0, 0.05) is 0 Å². The molecule has 0 saturated heterocycles. The largest absolute Gasteiger partial charge is 0.497 e. The zero-order chi connectivity index (χ0) is 11.1. The van der Waals surface area contributed by atoms with E-state index in [1.807, 2.05) is 52.8 Å². The standard InChI is InChI=1S/C8H12O.2C2H6/c1-4-6-7-8(5-2)9-3;2*1-2/h4-7H,2H2,1,3H3;2*1-2H3/b6-4-,8-7+;;. The molecule has 1 nitrogen and oxygen atoms in total. The maximum atomic E-state index is 4.89. The molecule has 0 radical (unpaired) electrons. The van der Waals surface area contributed by atoms with Crippen molar-refractivity contribution in [2.75, 3.05) is 7.11 Å². The highest BCUT2D eigenvalue weighted by Gasteiger charge is 1.79. The summed E-state index contributed by atoms with van der Waals surface area (Å²) >= 11 is 0. The third-order valence-electron chi connectivity index (χ3n) is 0.890. The summed E-state index contributed by atoms with van der Waals surface area (Å²) in [5, 5.41) is 0. The van der Waals surface area contributed by atoms with Crippen LogP contribution in [0.25, 0.3) is 0 Å². The first-order valence-corrected chi connectivity index (χ1v) is 4.84. The molecule has 0 saturated carbocycles. The summed E-state index contributed by atoms with van der Waals surface area (Å²) in [7, 11) is 1.62. The summed E-state index contributed by atoms with van der Waals surface area (Å²) < 4.78 is 4.89. The van der Waals surface area contributed by atoms with Gasteiger partial charge in [0.1, 0.15) is 5.76 Å². The monoisotopic (exact) mass is 184 g/mol. The lowest BCUT2D eigenvalue weighted by atomic mass is 10.4. The van der Waals surface area contributed by atoms with E-state index < -0.39 is 0 Å². The molecule has 0 spiro atoms. The first kappa shape index (κ1) is 17.9. The van der Waals surface area contributed by atoms with Crippen molar-refractivity contribution in [3.8, 4) is 0 Å². The number of hydrogen-bond donors (Lipinski definition) is 0. The molecule has 78 valence electrons. The molecule has 0 aromatic rings. The van der Waals surface area contributed by atoms with Crippen LogP contribution in [-0.4, -0.2) is 7.11 Å². The maximum absolute atomic E-state index is 4.89. The summed E-state index contributed by atoms with van der Waals surface area (Å²) in [4.78, 5) is 0. The highest BCUT2D eigenvalue weighted by molar-refractivity contribution is 5.15. The fourth-order valence-corrected chi connectivity index (χ4v) is 0.410. The molecule has 0 aromatic heterocycles. The van der Waals surface area contributed by atoms with Crippen LogP contribution in [0.3, 0.4) is 0 Å². The van der Waals surface area contributed by atoms with Crippen LogP contribution < -0.4 is 0 Å². The van der Waals surface area contributed by atoms with Crippen molar-refractivity contribution in [1.82, 2.24) is 0 Å². The van der Waals surface area contributed by atoms with Crippen LogP contribution in [-0.2, 0) is 4.74 Å². The summed E-state index contributed by atoms with van der Waals surface area (Å²) in [6.45, 7) is 13.5. The second-order valence-corrected chi connectivity index (χ2v) is 1.50. The van der Waals surface area contributed by atoms with Gasteiger partial charge in [0.25, 0.3) is 0 Å². The van der Waals surface area contributed by atoms with E-state index in [9.17, 15) is 0 Å². The highest BCUT2D eigenvalue weighted by Crippen LogP contribution is 1.94. The Balaban J connectivity index is -0.000000218. The van der Waals surface area contributed by atoms with Gasteiger partial charge in [0.05, 0.1) is 7.11 Å². The molecule has 0 aromatic carbocycles. The van der Waals surface area contributed by atoms with Gasteiger partial charge in [-0.15, -0.1) is 0 Å². The van der Waals surface area contributed by atoms with E-state index in [4.69, 9.17) is 4.74 Å². The number of ether oxygens (including phenoxy) is 1. The summed E-state index contributed by atoms with van der Waals surface area (Å²) in [6.07, 6.45) is 7.36. The minimum Gasteiger partial charge on any atom is -0.497 e. The summed E-state index contributed by atoms with van der Waals surface area (Å²) in [6, 6.07) is 0. The van der Waals surface area contributed by atoms with Gasteiger partial charge in [-0.2, -0.15) is 0 Å². The number of allylic oxidation sites excluding steroid dienone is 4. The van der Waals surface area contributed by atoms with Gasteiger partial charge in [0.2, 0.25) is 0 Å². The average molecular weight is 184 g/mol. The second-order valence-electron chi connectivity index (χ2n) is 1.50. The zero-order valence-corrected chi connectivity index (χ0v) is 9.92. The number of hydrogen-bond acceptors (Lipinski definition) is 1. The van der Waals surface area contributed by atoms with Crippen molar-refractivity contribution in [2.45, 2.75) is 34.6 Å². The highest BCUT2D eigenvalue weighted by atomic mass is 16.5. The lowest BCUT2D eigenvalue weighted by Gasteiger charge is -1.94. The van der Waals surface area contributed by atoms with E-state index in [0.29, 0.717) is 0 Å². The van der Waals surface area contributed by atoms with Crippen molar-refractivity contribution >= 4 is 0 Å². The van der Waals surface area contributed by atoms with Crippen molar-refractivity contribution in [2.24, 2.45) is 0 Å². The predicted octanol–water partition coefficient (Wildman–Crippen LogP) is 4.33. The van der Waals surface area contributed by atoms with Gasteiger partial charge in [-0.3, -0.25) is 0 Å². The van der Waals surface area contributed by atoms with Gasteiger partial charge in [-0.25, -0.2) is 0 Å². The molecule has 0 unspecified atom stereocenters. The van der Waals surface area contributed by atoms with Crippen LogP contribution in [0.2, 0.25) is 0 Å². The van der Waals surface area contributed by atoms with Crippen molar-refractivity contribution in [1.29, 1.82) is 0 Å². The number of methoxy groups -OCH3 is 1. The van der Waals surface area contributed by atoms with Crippen molar-refractivity contribution in [3.63, 3.8) is 0 Å². The third kappa shape index (κ3) is 18.2. The smallest absolute Gasteiger partial charge is 0.118 e. The minimum absolute atomic E-state index is 0.785. The summed E-state index contributed by atoms with van der Waals surface area (Å²) in [5.41, 5.74) is 0. The molecule has 0 atom stereocenters. The van der Waals surface area contributed by atoms with Gasteiger partial charge >= 0.3 is 0 Å². The molecule has 0 aliphatic carbocycles. The quantitative estimate of drug-likeness (QED) is 0.468. The summed E-state index contributed by atoms with van der Waals surface area (Å²) in [5.74, 6) is 0.785. The first-order chi connectivity index (χ1) is 6.35. The molecule has 0 N–H and O–H groups in total. The molecular formula is C12H24O. The van der Waals surface area contributed by atoms with Gasteiger partial charge in [-0.1, -0.05) is 46.4 Å². The Morgan fingerprint density at radius 2 is 1.62 bits per heavy atom. The topological polar surface area (TPSA) is 9.23 Å². The molecule has 0 bridgehead atoms. The van der Waals surface area contributed by atoms with Gasteiger partial charge < -0.3 is 4.74 Å². The molecule has 0 rings (SSSR count). The van der Waals surface area contributed by atoms with Crippen molar-refractivity contribution in [3.05, 3.63) is 36.6 Å². The fraction of sp³-hybridized carbons (Fsp3) is 0.500. The van der Waals surface area contributed by atoms with Crippen LogP contribution in [0, 0.1) is 0 Å².